The number of imide groups is 2. The molecule has 2 heterocycles. The van der Waals surface area contributed by atoms with Crippen molar-refractivity contribution in [2.24, 2.45) is 0 Å². The van der Waals surface area contributed by atoms with Crippen LogP contribution in [-0.2, 0) is 15.3 Å². The number of urea groups is 1. The van der Waals surface area contributed by atoms with Crippen molar-refractivity contribution < 1.29 is 18.8 Å². The summed E-state index contributed by atoms with van der Waals surface area (Å²) in [4.78, 5) is 38.8. The van der Waals surface area contributed by atoms with Gasteiger partial charge in [0.1, 0.15) is 11.3 Å². The number of benzene rings is 2. The van der Waals surface area contributed by atoms with E-state index < -0.39 is 23.9 Å². The average Bonchev–Trinajstić information content (AvgIpc) is 3.24. The highest BCUT2D eigenvalue weighted by Crippen LogP contribution is 2.28. The lowest BCUT2D eigenvalue weighted by atomic mass is 10.0. The lowest BCUT2D eigenvalue weighted by Crippen LogP contribution is -2.54. The third-order valence-corrected chi connectivity index (χ3v) is 6.22. The maximum absolute atomic E-state index is 13.0. The van der Waals surface area contributed by atoms with Crippen molar-refractivity contribution in [1.82, 2.24) is 10.2 Å². The third kappa shape index (κ3) is 4.79. The second-order valence-electron chi connectivity index (χ2n) is 7.15. The molecule has 4 rings (SSSR count). The first kappa shape index (κ1) is 21.9. The van der Waals surface area contributed by atoms with Crippen LogP contribution >= 0.6 is 23.4 Å². The van der Waals surface area contributed by atoms with Gasteiger partial charge in [-0.25, -0.2) is 4.79 Å². The van der Waals surface area contributed by atoms with Gasteiger partial charge in [0.15, 0.2) is 5.09 Å². The van der Waals surface area contributed by atoms with E-state index in [9.17, 15) is 14.4 Å². The molecule has 0 radical (unpaired) electrons. The Bertz CT molecular complexity index is 1190. The number of halogens is 1. The number of amides is 4. The van der Waals surface area contributed by atoms with Gasteiger partial charge in [0.2, 0.25) is 0 Å². The third-order valence-electron chi connectivity index (χ3n) is 4.99. The highest BCUT2D eigenvalue weighted by Gasteiger charge is 2.39. The first-order valence-corrected chi connectivity index (χ1v) is 11.2. The minimum atomic E-state index is -0.747. The Balaban J connectivity index is 1.51. The number of thioether (sulfide) groups is 1. The number of carbonyl (C=O) groups is 3. The summed E-state index contributed by atoms with van der Waals surface area (Å²) in [5.41, 5.74) is 1.71. The van der Waals surface area contributed by atoms with Gasteiger partial charge in [-0.1, -0.05) is 65.8 Å². The van der Waals surface area contributed by atoms with Crippen molar-refractivity contribution in [2.45, 2.75) is 23.8 Å². The lowest BCUT2D eigenvalue weighted by Gasteiger charge is -2.31. The molecule has 4 amide bonds. The number of hydrogen-bond donors (Lipinski definition) is 1. The van der Waals surface area contributed by atoms with E-state index in [2.05, 4.69) is 5.32 Å². The number of barbiturate groups is 1. The van der Waals surface area contributed by atoms with Crippen LogP contribution < -0.4 is 5.32 Å². The van der Waals surface area contributed by atoms with Crippen LogP contribution in [0.1, 0.15) is 29.9 Å². The molecule has 1 aliphatic rings. The molecule has 1 fully saturated rings. The molecule has 1 aliphatic heterocycles. The first-order valence-electron chi connectivity index (χ1n) is 9.85. The molecule has 0 spiro atoms. The molecule has 8 heteroatoms. The van der Waals surface area contributed by atoms with Crippen LogP contribution in [0.4, 0.5) is 4.79 Å². The maximum atomic E-state index is 13.0. The topological polar surface area (TPSA) is 79.6 Å². The zero-order chi connectivity index (χ0) is 22.7. The van der Waals surface area contributed by atoms with Gasteiger partial charge in [-0.05, 0) is 48.4 Å². The zero-order valence-electron chi connectivity index (χ0n) is 17.1. The van der Waals surface area contributed by atoms with E-state index in [1.165, 1.54) is 17.8 Å². The maximum Gasteiger partial charge on any atom is 0.331 e. The molecule has 162 valence electrons. The Hall–Kier alpha value is -3.29. The summed E-state index contributed by atoms with van der Waals surface area (Å²) in [6, 6.07) is 18.8. The van der Waals surface area contributed by atoms with Crippen molar-refractivity contribution in [3.05, 3.63) is 94.2 Å². The molecule has 0 saturated carbocycles. The standard InChI is InChI=1S/C24H19ClN2O4S/c1-15(17-5-3-2-4-6-17)27-23(29)20(22(28)26-24(27)30)13-19-11-12-21(31-19)32-14-16-7-9-18(25)10-8-16/h2-13,15H,14H2,1H3,(H,26,28,30)/b20-13-/t15-/m0/s1. The van der Waals surface area contributed by atoms with Gasteiger partial charge >= 0.3 is 6.03 Å². The molecule has 1 atom stereocenters. The van der Waals surface area contributed by atoms with Crippen LogP contribution in [0.5, 0.6) is 0 Å². The van der Waals surface area contributed by atoms with Gasteiger partial charge in [0, 0.05) is 10.8 Å². The van der Waals surface area contributed by atoms with E-state index in [1.807, 2.05) is 54.6 Å². The Morgan fingerprint density at radius 2 is 1.75 bits per heavy atom. The summed E-state index contributed by atoms with van der Waals surface area (Å²) in [5, 5.41) is 3.56. The molecule has 0 bridgehead atoms. The van der Waals surface area contributed by atoms with Crippen molar-refractivity contribution in [3.8, 4) is 0 Å². The van der Waals surface area contributed by atoms with Gasteiger partial charge in [-0.3, -0.25) is 19.8 Å². The quantitative estimate of drug-likeness (QED) is 0.297. The molecule has 1 aromatic heterocycles. The second-order valence-corrected chi connectivity index (χ2v) is 8.57. The van der Waals surface area contributed by atoms with E-state index in [0.717, 1.165) is 16.0 Å². The highest BCUT2D eigenvalue weighted by molar-refractivity contribution is 7.98. The fraction of sp³-hybridized carbons (Fsp3) is 0.125. The molecule has 32 heavy (non-hydrogen) atoms. The summed E-state index contributed by atoms with van der Waals surface area (Å²) < 4.78 is 5.76. The normalized spacial score (nSPS) is 16.4. The lowest BCUT2D eigenvalue weighted by molar-refractivity contribution is -0.131. The second kappa shape index (κ2) is 9.46. The van der Waals surface area contributed by atoms with Crippen molar-refractivity contribution >= 4 is 47.3 Å². The summed E-state index contributed by atoms with van der Waals surface area (Å²) in [5.74, 6) is -0.384. The van der Waals surface area contributed by atoms with Gasteiger partial charge < -0.3 is 4.42 Å². The predicted octanol–water partition coefficient (Wildman–Crippen LogP) is 5.45. The van der Waals surface area contributed by atoms with Crippen molar-refractivity contribution in [1.29, 1.82) is 0 Å². The van der Waals surface area contributed by atoms with Crippen LogP contribution in [0, 0.1) is 0 Å². The predicted molar refractivity (Wildman–Crippen MR) is 123 cm³/mol. The van der Waals surface area contributed by atoms with Gasteiger partial charge in [-0.15, -0.1) is 0 Å². The van der Waals surface area contributed by atoms with Crippen LogP contribution in [0.2, 0.25) is 5.02 Å². The average molecular weight is 467 g/mol. The molecule has 3 aromatic rings. The SMILES string of the molecule is C[C@@H](c1ccccc1)N1C(=O)NC(=O)/C(=C/c2ccc(SCc3ccc(Cl)cc3)o2)C1=O. The molecular formula is C24H19ClN2O4S. The van der Waals surface area contributed by atoms with Crippen molar-refractivity contribution in [3.63, 3.8) is 0 Å². The zero-order valence-corrected chi connectivity index (χ0v) is 18.7. The van der Waals surface area contributed by atoms with Gasteiger partial charge in [0.05, 0.1) is 6.04 Å². The molecule has 0 unspecified atom stereocenters. The minimum Gasteiger partial charge on any atom is -0.450 e. The van der Waals surface area contributed by atoms with Crippen LogP contribution in [0.15, 0.2) is 81.8 Å². The first-order chi connectivity index (χ1) is 15.4. The number of nitrogens with zero attached hydrogens (tertiary/aromatic N) is 1. The van der Waals surface area contributed by atoms with Crippen LogP contribution in [0.25, 0.3) is 6.08 Å². The Morgan fingerprint density at radius 1 is 1.03 bits per heavy atom. The van der Waals surface area contributed by atoms with Crippen LogP contribution in [0.3, 0.4) is 0 Å². The molecule has 2 aromatic carbocycles. The largest absolute Gasteiger partial charge is 0.450 e. The summed E-state index contributed by atoms with van der Waals surface area (Å²) in [6.07, 6.45) is 1.36. The monoisotopic (exact) mass is 466 g/mol. The summed E-state index contributed by atoms with van der Waals surface area (Å²) in [6.45, 7) is 1.73. The van der Waals surface area contributed by atoms with E-state index in [1.54, 1.807) is 19.1 Å². The van der Waals surface area contributed by atoms with Gasteiger partial charge in [0.25, 0.3) is 11.8 Å². The van der Waals surface area contributed by atoms with Crippen molar-refractivity contribution in [2.75, 3.05) is 0 Å². The Kier molecular flexibility index (Phi) is 6.48. The van der Waals surface area contributed by atoms with Gasteiger partial charge in [-0.2, -0.15) is 0 Å². The number of nitrogens with one attached hydrogen (secondary N) is 1. The van der Waals surface area contributed by atoms with E-state index >= 15 is 0 Å². The highest BCUT2D eigenvalue weighted by atomic mass is 35.5. The van der Waals surface area contributed by atoms with E-state index in [4.69, 9.17) is 16.0 Å². The smallest absolute Gasteiger partial charge is 0.331 e. The summed E-state index contributed by atoms with van der Waals surface area (Å²) in [7, 11) is 0. The number of rotatable bonds is 6. The van der Waals surface area contributed by atoms with Crippen LogP contribution in [-0.4, -0.2) is 22.7 Å². The molecule has 0 aliphatic carbocycles. The fourth-order valence-electron chi connectivity index (χ4n) is 3.27. The number of furan rings is 1. The molecule has 6 nitrogen and oxygen atoms in total. The molecule has 1 saturated heterocycles. The van der Waals surface area contributed by atoms with E-state index in [-0.39, 0.29) is 5.57 Å². The molecule has 1 N–H and O–H groups in total. The number of carbonyl (C=O) groups excluding carboxylic acids is 3. The summed E-state index contributed by atoms with van der Waals surface area (Å²) >= 11 is 7.38. The Labute approximate surface area is 194 Å². The molecular weight excluding hydrogens is 448 g/mol. The number of hydrogen-bond acceptors (Lipinski definition) is 5. The Morgan fingerprint density at radius 3 is 2.47 bits per heavy atom. The van der Waals surface area contributed by atoms with E-state index in [0.29, 0.717) is 21.6 Å². The fourth-order valence-corrected chi connectivity index (χ4v) is 4.22. The minimum absolute atomic E-state index is 0.156.